The number of carbonyl (C=O) groups excluding carboxylic acids is 2. The van der Waals surface area contributed by atoms with E-state index < -0.39 is 28.8 Å². The van der Waals surface area contributed by atoms with Crippen molar-refractivity contribution in [3.05, 3.63) is 46.0 Å². The number of carbonyl (C=O) groups is 2. The number of nitrogens with zero attached hydrogens (tertiary/aromatic N) is 4. The maximum atomic E-state index is 14.9. The summed E-state index contributed by atoms with van der Waals surface area (Å²) in [6.45, 7) is 3.04. The van der Waals surface area contributed by atoms with Crippen molar-refractivity contribution >= 4 is 44.7 Å². The Bertz CT molecular complexity index is 1070. The summed E-state index contributed by atoms with van der Waals surface area (Å²) in [6.07, 6.45) is -1.36. The molecule has 33 heavy (non-hydrogen) atoms. The smallest absolute Gasteiger partial charge is 0.414 e. The van der Waals surface area contributed by atoms with Crippen molar-refractivity contribution in [2.45, 2.75) is 13.0 Å². The fraction of sp³-hybridized carbons (Fsp3) is 0.400. The van der Waals surface area contributed by atoms with E-state index in [0.717, 1.165) is 33.4 Å². The predicted octanol–water partition coefficient (Wildman–Crippen LogP) is 2.72. The number of cyclic esters (lactones) is 1. The van der Waals surface area contributed by atoms with E-state index in [0.29, 0.717) is 26.2 Å². The van der Waals surface area contributed by atoms with Crippen LogP contribution in [0, 0.1) is 21.7 Å². The van der Waals surface area contributed by atoms with Crippen molar-refractivity contribution in [3.63, 3.8) is 0 Å². The number of ether oxygens (including phenoxy) is 1. The van der Waals surface area contributed by atoms with Crippen LogP contribution in [-0.4, -0.2) is 62.3 Å². The minimum absolute atomic E-state index is 0.0357. The summed E-state index contributed by atoms with van der Waals surface area (Å²) in [6, 6.07) is 5.29. The van der Waals surface area contributed by atoms with E-state index in [1.54, 1.807) is 11.0 Å². The van der Waals surface area contributed by atoms with Crippen LogP contribution in [0.4, 0.5) is 35.0 Å². The van der Waals surface area contributed by atoms with Crippen LogP contribution in [0.3, 0.4) is 0 Å². The number of amides is 2. The van der Waals surface area contributed by atoms with Gasteiger partial charge in [0.25, 0.3) is 0 Å². The summed E-state index contributed by atoms with van der Waals surface area (Å²) >= 11 is 1.06. The van der Waals surface area contributed by atoms with E-state index in [-0.39, 0.29) is 35.4 Å². The van der Waals surface area contributed by atoms with Crippen LogP contribution in [0.25, 0.3) is 0 Å². The number of piperazine rings is 1. The Balaban J connectivity index is 1.43. The molecule has 0 saturated carbocycles. The van der Waals surface area contributed by atoms with Crippen LogP contribution in [0.5, 0.6) is 0 Å². The number of nitro groups is 1. The SMILES string of the molecule is CC(=O)NCC1CN(c2cc(F)c(N3CCN(c4ccc([N+](=O)[O-])s4)CC3)c(F)c2)C(=O)O1. The first kappa shape index (κ1) is 22.7. The Labute approximate surface area is 191 Å². The summed E-state index contributed by atoms with van der Waals surface area (Å²) in [5.41, 5.74) is -0.147. The molecular weight excluding hydrogens is 460 g/mol. The van der Waals surface area contributed by atoms with Crippen molar-refractivity contribution in [2.24, 2.45) is 0 Å². The van der Waals surface area contributed by atoms with Crippen molar-refractivity contribution in [3.8, 4) is 0 Å². The molecule has 4 rings (SSSR count). The molecule has 1 N–H and O–H groups in total. The third-order valence-electron chi connectivity index (χ3n) is 5.43. The van der Waals surface area contributed by atoms with Crippen LogP contribution < -0.4 is 20.0 Å². The van der Waals surface area contributed by atoms with Crippen LogP contribution in [-0.2, 0) is 9.53 Å². The van der Waals surface area contributed by atoms with Crippen LogP contribution >= 0.6 is 11.3 Å². The van der Waals surface area contributed by atoms with E-state index in [2.05, 4.69) is 5.32 Å². The molecule has 0 spiro atoms. The number of halogens is 2. The molecular formula is C20H21F2N5O5S. The second kappa shape index (κ2) is 9.17. The Kier molecular flexibility index (Phi) is 6.31. The summed E-state index contributed by atoms with van der Waals surface area (Å²) in [7, 11) is 0. The van der Waals surface area contributed by atoms with E-state index >= 15 is 0 Å². The molecule has 0 aliphatic carbocycles. The van der Waals surface area contributed by atoms with Crippen molar-refractivity contribution in [1.82, 2.24) is 5.32 Å². The summed E-state index contributed by atoms with van der Waals surface area (Å²) in [5.74, 6) is -1.88. The number of thiophene rings is 1. The number of hydrogen-bond donors (Lipinski definition) is 1. The molecule has 1 aromatic carbocycles. The van der Waals surface area contributed by atoms with Crippen molar-refractivity contribution in [2.75, 3.05) is 54.0 Å². The molecule has 176 valence electrons. The highest BCUT2D eigenvalue weighted by molar-refractivity contribution is 7.19. The van der Waals surface area contributed by atoms with Gasteiger partial charge in [-0.1, -0.05) is 0 Å². The van der Waals surface area contributed by atoms with Gasteiger partial charge >= 0.3 is 11.1 Å². The lowest BCUT2D eigenvalue weighted by molar-refractivity contribution is -0.380. The quantitative estimate of drug-likeness (QED) is 0.499. The van der Waals surface area contributed by atoms with E-state index in [9.17, 15) is 28.5 Å². The maximum Gasteiger partial charge on any atom is 0.414 e. The number of anilines is 3. The summed E-state index contributed by atoms with van der Waals surface area (Å²) < 4.78 is 35.0. The zero-order valence-corrected chi connectivity index (χ0v) is 18.4. The van der Waals surface area contributed by atoms with Gasteiger partial charge < -0.3 is 19.9 Å². The first-order chi connectivity index (χ1) is 15.7. The number of nitrogens with one attached hydrogen (secondary N) is 1. The van der Waals surface area contributed by atoms with Gasteiger partial charge in [-0.3, -0.25) is 19.8 Å². The molecule has 1 atom stereocenters. The molecule has 10 nitrogen and oxygen atoms in total. The normalized spacial score (nSPS) is 18.5. The zero-order chi connectivity index (χ0) is 23.7. The molecule has 0 radical (unpaired) electrons. The molecule has 3 heterocycles. The highest BCUT2D eigenvalue weighted by Crippen LogP contribution is 2.34. The lowest BCUT2D eigenvalue weighted by Crippen LogP contribution is -2.47. The number of rotatable bonds is 6. The Morgan fingerprint density at radius 1 is 1.21 bits per heavy atom. The molecule has 2 saturated heterocycles. The summed E-state index contributed by atoms with van der Waals surface area (Å²) in [5, 5.41) is 14.2. The van der Waals surface area contributed by atoms with Gasteiger partial charge in [-0.2, -0.15) is 0 Å². The van der Waals surface area contributed by atoms with Crippen LogP contribution in [0.2, 0.25) is 0 Å². The number of hydrogen-bond acceptors (Lipinski definition) is 8. The van der Waals surface area contributed by atoms with Gasteiger partial charge in [-0.25, -0.2) is 13.6 Å². The second-order valence-corrected chi connectivity index (χ2v) is 8.70. The molecule has 2 aromatic rings. The van der Waals surface area contributed by atoms with Gasteiger partial charge in [0, 0.05) is 51.3 Å². The number of benzene rings is 1. The van der Waals surface area contributed by atoms with E-state index in [1.165, 1.54) is 13.0 Å². The minimum Gasteiger partial charge on any atom is -0.442 e. The maximum absolute atomic E-state index is 14.9. The van der Waals surface area contributed by atoms with Gasteiger partial charge in [0.2, 0.25) is 5.91 Å². The molecule has 2 amide bonds. The largest absolute Gasteiger partial charge is 0.442 e. The monoisotopic (exact) mass is 481 g/mol. The van der Waals surface area contributed by atoms with Crippen LogP contribution in [0.1, 0.15) is 6.92 Å². The third kappa shape index (κ3) is 4.82. The van der Waals surface area contributed by atoms with Gasteiger partial charge in [0.15, 0.2) is 11.6 Å². The molecule has 2 aliphatic rings. The average molecular weight is 481 g/mol. The van der Waals surface area contributed by atoms with Crippen molar-refractivity contribution in [1.29, 1.82) is 0 Å². The van der Waals surface area contributed by atoms with Gasteiger partial charge in [0.05, 0.1) is 28.7 Å². The first-order valence-electron chi connectivity index (χ1n) is 10.2. The van der Waals surface area contributed by atoms with Gasteiger partial charge in [-0.15, -0.1) is 0 Å². The average Bonchev–Trinajstić information content (AvgIpc) is 3.39. The van der Waals surface area contributed by atoms with Crippen LogP contribution in [0.15, 0.2) is 24.3 Å². The first-order valence-corrected chi connectivity index (χ1v) is 11.0. The molecule has 2 aliphatic heterocycles. The Morgan fingerprint density at radius 3 is 2.42 bits per heavy atom. The van der Waals surface area contributed by atoms with Gasteiger partial charge in [-0.05, 0) is 17.4 Å². The lowest BCUT2D eigenvalue weighted by atomic mass is 10.2. The van der Waals surface area contributed by atoms with E-state index in [1.807, 2.05) is 4.90 Å². The standard InChI is InChI=1S/C20H21F2N5O5S/c1-12(28)23-10-14-11-26(20(29)32-14)13-8-15(21)19(16(22)9-13)25-6-4-24(5-7-25)17-2-3-18(33-17)27(30)31/h2-3,8-9,14H,4-7,10-11H2,1H3,(H,23,28). The summed E-state index contributed by atoms with van der Waals surface area (Å²) in [4.78, 5) is 38.3. The highest BCUT2D eigenvalue weighted by atomic mass is 32.1. The molecule has 1 unspecified atom stereocenters. The fourth-order valence-corrected chi connectivity index (χ4v) is 4.72. The minimum atomic E-state index is -0.802. The van der Waals surface area contributed by atoms with E-state index in [4.69, 9.17) is 4.74 Å². The fourth-order valence-electron chi connectivity index (χ4n) is 3.84. The molecule has 1 aromatic heterocycles. The van der Waals surface area contributed by atoms with Crippen molar-refractivity contribution < 1.29 is 28.0 Å². The van der Waals surface area contributed by atoms with Gasteiger partial charge in [0.1, 0.15) is 11.8 Å². The zero-order valence-electron chi connectivity index (χ0n) is 17.6. The third-order valence-corrected chi connectivity index (χ3v) is 6.53. The predicted molar refractivity (Wildman–Crippen MR) is 118 cm³/mol. The molecule has 2 fully saturated rings. The molecule has 0 bridgehead atoms. The Hall–Kier alpha value is -3.48. The topological polar surface area (TPSA) is 108 Å². The molecule has 13 heteroatoms. The lowest BCUT2D eigenvalue weighted by Gasteiger charge is -2.36. The Morgan fingerprint density at radius 2 is 1.85 bits per heavy atom. The second-order valence-electron chi connectivity index (χ2n) is 7.65. The highest BCUT2D eigenvalue weighted by Gasteiger charge is 2.34.